The van der Waals surface area contributed by atoms with Gasteiger partial charge in [0.25, 0.3) is 5.91 Å². The topological polar surface area (TPSA) is 74.0 Å². The molecule has 124 valence electrons. The summed E-state index contributed by atoms with van der Waals surface area (Å²) in [5.74, 6) is -0.124. The molecule has 1 saturated heterocycles. The molecule has 0 aromatic carbocycles. The van der Waals surface area contributed by atoms with Crippen LogP contribution in [0.3, 0.4) is 0 Å². The largest absolute Gasteiger partial charge is 0.376 e. The first kappa shape index (κ1) is 15.7. The summed E-state index contributed by atoms with van der Waals surface area (Å²) < 4.78 is 8.98. The molecule has 3 rings (SSSR count). The van der Waals surface area contributed by atoms with Crippen LogP contribution in [0.1, 0.15) is 34.7 Å². The van der Waals surface area contributed by atoms with Crippen LogP contribution in [0.25, 0.3) is 11.3 Å². The molecule has 0 spiro atoms. The number of hydrogen-bond acceptors (Lipinski definition) is 4. The Labute approximate surface area is 135 Å². The predicted octanol–water partition coefficient (Wildman–Crippen LogP) is 1.35. The number of aromatic nitrogens is 4. The second kappa shape index (κ2) is 6.16. The fourth-order valence-electron chi connectivity index (χ4n) is 3.05. The maximum atomic E-state index is 12.4. The van der Waals surface area contributed by atoms with E-state index in [0.717, 1.165) is 42.1 Å². The molecule has 1 N–H and O–H groups in total. The highest BCUT2D eigenvalue weighted by Crippen LogP contribution is 2.25. The first-order valence-corrected chi connectivity index (χ1v) is 7.91. The monoisotopic (exact) mass is 317 g/mol. The van der Waals surface area contributed by atoms with Crippen LogP contribution in [0, 0.1) is 13.8 Å². The lowest BCUT2D eigenvalue weighted by molar-refractivity contribution is 0.0850. The van der Waals surface area contributed by atoms with Crippen LogP contribution in [0.5, 0.6) is 0 Å². The van der Waals surface area contributed by atoms with Gasteiger partial charge in [0.2, 0.25) is 0 Å². The zero-order valence-electron chi connectivity index (χ0n) is 14.1. The average molecular weight is 317 g/mol. The molecule has 1 unspecified atom stereocenters. The van der Waals surface area contributed by atoms with E-state index in [9.17, 15) is 4.79 Å². The van der Waals surface area contributed by atoms with E-state index < -0.39 is 0 Å². The molecule has 1 aliphatic rings. The third kappa shape index (κ3) is 3.01. The highest BCUT2D eigenvalue weighted by atomic mass is 16.5. The molecule has 1 aliphatic heterocycles. The van der Waals surface area contributed by atoms with Crippen LogP contribution in [-0.2, 0) is 18.8 Å². The Hall–Kier alpha value is -2.15. The second-order valence-corrected chi connectivity index (χ2v) is 6.05. The van der Waals surface area contributed by atoms with Crippen LogP contribution in [-0.4, -0.2) is 44.7 Å². The first-order chi connectivity index (χ1) is 11.0. The summed E-state index contributed by atoms with van der Waals surface area (Å²) in [4.78, 5) is 12.4. The van der Waals surface area contributed by atoms with Gasteiger partial charge in [-0.25, -0.2) is 0 Å². The molecule has 0 radical (unpaired) electrons. The standard InChI is InChI=1S/C16H23N5O2/c1-10-15(11(2)20(3)18-10)13-8-14(21(4)19-13)16(22)17-9-12-6-5-7-23-12/h8,12H,5-7,9H2,1-4H3,(H,17,22). The molecule has 0 aliphatic carbocycles. The Morgan fingerprint density at radius 3 is 2.74 bits per heavy atom. The van der Waals surface area contributed by atoms with Crippen LogP contribution >= 0.6 is 0 Å². The molecule has 7 heteroatoms. The van der Waals surface area contributed by atoms with E-state index in [1.54, 1.807) is 11.7 Å². The van der Waals surface area contributed by atoms with Crippen LogP contribution in [0.15, 0.2) is 6.07 Å². The lowest BCUT2D eigenvalue weighted by atomic mass is 10.1. The maximum Gasteiger partial charge on any atom is 0.269 e. The zero-order chi connectivity index (χ0) is 16.6. The van der Waals surface area contributed by atoms with E-state index in [0.29, 0.717) is 12.2 Å². The molecule has 2 aromatic heterocycles. The number of carbonyl (C=O) groups excluding carboxylic acids is 1. The van der Waals surface area contributed by atoms with E-state index in [4.69, 9.17) is 4.74 Å². The average Bonchev–Trinajstić information content (AvgIpc) is 3.19. The zero-order valence-corrected chi connectivity index (χ0v) is 14.1. The third-order valence-electron chi connectivity index (χ3n) is 4.39. The van der Waals surface area contributed by atoms with Gasteiger partial charge in [0.05, 0.1) is 17.5 Å². The molecule has 7 nitrogen and oxygen atoms in total. The number of hydrogen-bond donors (Lipinski definition) is 1. The molecule has 2 aromatic rings. The normalized spacial score (nSPS) is 17.7. The summed E-state index contributed by atoms with van der Waals surface area (Å²) in [6, 6.07) is 1.82. The Morgan fingerprint density at radius 2 is 2.13 bits per heavy atom. The van der Waals surface area contributed by atoms with Gasteiger partial charge in [-0.05, 0) is 32.8 Å². The summed E-state index contributed by atoms with van der Waals surface area (Å²) in [5.41, 5.74) is 4.25. The van der Waals surface area contributed by atoms with Gasteiger partial charge < -0.3 is 10.1 Å². The van der Waals surface area contributed by atoms with Crippen molar-refractivity contribution >= 4 is 5.91 Å². The number of rotatable bonds is 4. The summed E-state index contributed by atoms with van der Waals surface area (Å²) >= 11 is 0. The van der Waals surface area contributed by atoms with E-state index in [-0.39, 0.29) is 12.0 Å². The number of nitrogens with zero attached hydrogens (tertiary/aromatic N) is 4. The minimum atomic E-state index is -0.124. The molecule has 3 heterocycles. The highest BCUT2D eigenvalue weighted by Gasteiger charge is 2.21. The molecular formula is C16H23N5O2. The Balaban J connectivity index is 1.78. The van der Waals surface area contributed by atoms with E-state index >= 15 is 0 Å². The van der Waals surface area contributed by atoms with Crippen molar-refractivity contribution in [2.75, 3.05) is 13.2 Å². The van der Waals surface area contributed by atoms with Gasteiger partial charge in [0, 0.05) is 38.5 Å². The van der Waals surface area contributed by atoms with Crippen LogP contribution in [0.2, 0.25) is 0 Å². The number of aryl methyl sites for hydroxylation is 3. The van der Waals surface area contributed by atoms with Gasteiger partial charge in [-0.1, -0.05) is 0 Å². The number of nitrogens with one attached hydrogen (secondary N) is 1. The van der Waals surface area contributed by atoms with Gasteiger partial charge >= 0.3 is 0 Å². The van der Waals surface area contributed by atoms with Crippen molar-refractivity contribution in [3.63, 3.8) is 0 Å². The Morgan fingerprint density at radius 1 is 1.35 bits per heavy atom. The van der Waals surface area contributed by atoms with E-state index in [1.165, 1.54) is 0 Å². The molecule has 1 amide bonds. The molecule has 1 atom stereocenters. The smallest absolute Gasteiger partial charge is 0.269 e. The van der Waals surface area contributed by atoms with Gasteiger partial charge in [-0.15, -0.1) is 0 Å². The first-order valence-electron chi connectivity index (χ1n) is 7.91. The van der Waals surface area contributed by atoms with Crippen molar-refractivity contribution < 1.29 is 9.53 Å². The number of carbonyl (C=O) groups is 1. The van der Waals surface area contributed by atoms with Gasteiger partial charge in [0.15, 0.2) is 0 Å². The fraction of sp³-hybridized carbons (Fsp3) is 0.562. The fourth-order valence-corrected chi connectivity index (χ4v) is 3.05. The molecular weight excluding hydrogens is 294 g/mol. The second-order valence-electron chi connectivity index (χ2n) is 6.05. The van der Waals surface area contributed by atoms with Crippen LogP contribution < -0.4 is 5.32 Å². The van der Waals surface area contributed by atoms with E-state index in [2.05, 4.69) is 15.5 Å². The predicted molar refractivity (Wildman–Crippen MR) is 86.2 cm³/mol. The highest BCUT2D eigenvalue weighted by molar-refractivity contribution is 5.93. The Kier molecular flexibility index (Phi) is 4.21. The quantitative estimate of drug-likeness (QED) is 0.923. The third-order valence-corrected chi connectivity index (χ3v) is 4.39. The number of amides is 1. The summed E-state index contributed by atoms with van der Waals surface area (Å²) in [6.45, 7) is 5.29. The maximum absolute atomic E-state index is 12.4. The lowest BCUT2D eigenvalue weighted by Crippen LogP contribution is -2.32. The summed E-state index contributed by atoms with van der Waals surface area (Å²) in [6.07, 6.45) is 2.20. The molecule has 1 fully saturated rings. The SMILES string of the molecule is Cc1nn(C)c(C)c1-c1cc(C(=O)NCC2CCCO2)n(C)n1. The molecule has 0 bridgehead atoms. The van der Waals surface area contributed by atoms with Crippen molar-refractivity contribution in [1.29, 1.82) is 0 Å². The van der Waals surface area contributed by atoms with Gasteiger partial charge in [-0.3, -0.25) is 14.2 Å². The molecule has 0 saturated carbocycles. The summed E-state index contributed by atoms with van der Waals surface area (Å²) in [7, 11) is 3.69. The van der Waals surface area contributed by atoms with Gasteiger partial charge in [-0.2, -0.15) is 10.2 Å². The van der Waals surface area contributed by atoms with Crippen LogP contribution in [0.4, 0.5) is 0 Å². The summed E-state index contributed by atoms with van der Waals surface area (Å²) in [5, 5.41) is 11.8. The minimum Gasteiger partial charge on any atom is -0.376 e. The lowest BCUT2D eigenvalue weighted by Gasteiger charge is -2.10. The van der Waals surface area contributed by atoms with E-state index in [1.807, 2.05) is 31.6 Å². The number of ether oxygens (including phenoxy) is 1. The van der Waals surface area contributed by atoms with Crippen molar-refractivity contribution in [1.82, 2.24) is 24.9 Å². The van der Waals surface area contributed by atoms with Crippen molar-refractivity contribution in [3.8, 4) is 11.3 Å². The van der Waals surface area contributed by atoms with Crippen molar-refractivity contribution in [2.24, 2.45) is 14.1 Å². The molecule has 23 heavy (non-hydrogen) atoms. The van der Waals surface area contributed by atoms with Crippen molar-refractivity contribution in [3.05, 3.63) is 23.1 Å². The van der Waals surface area contributed by atoms with Gasteiger partial charge in [0.1, 0.15) is 5.69 Å². The van der Waals surface area contributed by atoms with Crippen molar-refractivity contribution in [2.45, 2.75) is 32.8 Å². The minimum absolute atomic E-state index is 0.124. The Bertz CT molecular complexity index is 725.